The van der Waals surface area contributed by atoms with Crippen LogP contribution < -0.4 is 16.0 Å². The molecule has 0 fully saturated rings. The van der Waals surface area contributed by atoms with E-state index in [1.165, 1.54) is 19.4 Å². The minimum Gasteiger partial charge on any atom is -0.495 e. The highest BCUT2D eigenvalue weighted by Gasteiger charge is 2.04. The van der Waals surface area contributed by atoms with Gasteiger partial charge in [0.15, 0.2) is 0 Å². The second kappa shape index (κ2) is 4.06. The van der Waals surface area contributed by atoms with Gasteiger partial charge in [0.05, 0.1) is 12.8 Å². The molecule has 2 rings (SSSR count). The lowest BCUT2D eigenvalue weighted by Crippen LogP contribution is -2.06. The summed E-state index contributed by atoms with van der Waals surface area (Å²) in [5, 5.41) is 0. The van der Waals surface area contributed by atoms with Crippen LogP contribution in [0.3, 0.4) is 0 Å². The van der Waals surface area contributed by atoms with E-state index < -0.39 is 0 Å². The van der Waals surface area contributed by atoms with Crippen LogP contribution in [0.5, 0.6) is 5.75 Å². The molecule has 0 aliphatic rings. The van der Waals surface area contributed by atoms with Crippen molar-refractivity contribution in [2.75, 3.05) is 12.8 Å². The molecule has 0 unspecified atom stereocenters. The standard InChI is InChI=1S/C11H11N3O2/c1-16-9-6-7(2-3-8(9)12)11-13-5-4-10(15)14-11/h2-6H,12H2,1H3,(H,13,14,15). The van der Waals surface area contributed by atoms with E-state index in [0.717, 1.165) is 5.56 Å². The first-order valence-corrected chi connectivity index (χ1v) is 4.70. The van der Waals surface area contributed by atoms with Crippen molar-refractivity contribution in [3.8, 4) is 17.1 Å². The van der Waals surface area contributed by atoms with E-state index in [9.17, 15) is 4.79 Å². The molecular formula is C11H11N3O2. The molecule has 1 aromatic heterocycles. The van der Waals surface area contributed by atoms with Crippen LogP contribution in [0.2, 0.25) is 0 Å². The van der Waals surface area contributed by atoms with Crippen molar-refractivity contribution in [2.24, 2.45) is 0 Å². The number of methoxy groups -OCH3 is 1. The number of ether oxygens (including phenoxy) is 1. The summed E-state index contributed by atoms with van der Waals surface area (Å²) in [5.74, 6) is 1.05. The Bertz CT molecular complexity index is 563. The number of nitrogens with zero attached hydrogens (tertiary/aromatic N) is 1. The van der Waals surface area contributed by atoms with Gasteiger partial charge >= 0.3 is 0 Å². The third-order valence-electron chi connectivity index (χ3n) is 2.18. The summed E-state index contributed by atoms with van der Waals surface area (Å²) in [6.07, 6.45) is 1.46. The van der Waals surface area contributed by atoms with Gasteiger partial charge in [0.2, 0.25) is 0 Å². The molecule has 0 aliphatic carbocycles. The number of rotatable bonds is 2. The summed E-state index contributed by atoms with van der Waals surface area (Å²) in [6.45, 7) is 0. The Morgan fingerprint density at radius 3 is 2.88 bits per heavy atom. The second-order valence-electron chi connectivity index (χ2n) is 3.24. The first-order valence-electron chi connectivity index (χ1n) is 4.70. The van der Waals surface area contributed by atoms with Crippen LogP contribution in [0, 0.1) is 0 Å². The Labute approximate surface area is 91.9 Å². The van der Waals surface area contributed by atoms with Crippen molar-refractivity contribution in [1.82, 2.24) is 9.97 Å². The Balaban J connectivity index is 2.52. The Kier molecular flexibility index (Phi) is 2.59. The normalized spacial score (nSPS) is 10.1. The molecule has 82 valence electrons. The summed E-state index contributed by atoms with van der Waals surface area (Å²) in [6, 6.07) is 6.57. The molecular weight excluding hydrogens is 206 g/mol. The van der Waals surface area contributed by atoms with Gasteiger partial charge in [-0.05, 0) is 18.2 Å². The Hall–Kier alpha value is -2.30. The zero-order valence-corrected chi connectivity index (χ0v) is 8.73. The van der Waals surface area contributed by atoms with Gasteiger partial charge in [-0.15, -0.1) is 0 Å². The quantitative estimate of drug-likeness (QED) is 0.736. The first-order chi connectivity index (χ1) is 7.70. The van der Waals surface area contributed by atoms with E-state index in [1.54, 1.807) is 18.2 Å². The fourth-order valence-electron chi connectivity index (χ4n) is 1.38. The lowest BCUT2D eigenvalue weighted by atomic mass is 10.2. The molecule has 5 nitrogen and oxygen atoms in total. The van der Waals surface area contributed by atoms with Crippen molar-refractivity contribution in [3.63, 3.8) is 0 Å². The average molecular weight is 217 g/mol. The number of nitrogens with two attached hydrogens (primary N) is 1. The molecule has 3 N–H and O–H groups in total. The number of nitrogen functional groups attached to an aromatic ring is 1. The third-order valence-corrected chi connectivity index (χ3v) is 2.18. The minimum atomic E-state index is -0.194. The van der Waals surface area contributed by atoms with Crippen LogP contribution >= 0.6 is 0 Å². The van der Waals surface area contributed by atoms with E-state index in [2.05, 4.69) is 9.97 Å². The predicted octanol–water partition coefficient (Wildman–Crippen LogP) is 1.03. The average Bonchev–Trinajstić information content (AvgIpc) is 2.29. The number of benzene rings is 1. The van der Waals surface area contributed by atoms with Gasteiger partial charge in [0.25, 0.3) is 5.56 Å². The molecule has 0 spiro atoms. The van der Waals surface area contributed by atoms with E-state index in [1.807, 2.05) is 0 Å². The molecule has 16 heavy (non-hydrogen) atoms. The molecule has 0 radical (unpaired) electrons. The maximum Gasteiger partial charge on any atom is 0.251 e. The largest absolute Gasteiger partial charge is 0.495 e. The molecule has 0 saturated carbocycles. The van der Waals surface area contributed by atoms with Crippen LogP contribution in [0.4, 0.5) is 5.69 Å². The van der Waals surface area contributed by atoms with Gasteiger partial charge < -0.3 is 15.5 Å². The molecule has 0 aliphatic heterocycles. The van der Waals surface area contributed by atoms with Crippen molar-refractivity contribution in [1.29, 1.82) is 0 Å². The number of nitrogens with one attached hydrogen (secondary N) is 1. The molecule has 5 heteroatoms. The lowest BCUT2D eigenvalue weighted by molar-refractivity contribution is 0.417. The van der Waals surface area contributed by atoms with Crippen LogP contribution in [-0.2, 0) is 0 Å². The molecule has 2 aromatic rings. The molecule has 0 saturated heterocycles. The Morgan fingerprint density at radius 1 is 1.38 bits per heavy atom. The fourth-order valence-corrected chi connectivity index (χ4v) is 1.38. The summed E-state index contributed by atoms with van der Waals surface area (Å²) < 4.78 is 5.09. The van der Waals surface area contributed by atoms with Gasteiger partial charge in [0.1, 0.15) is 11.6 Å². The number of H-pyrrole nitrogens is 1. The topological polar surface area (TPSA) is 81.0 Å². The number of hydrogen-bond acceptors (Lipinski definition) is 4. The van der Waals surface area contributed by atoms with Gasteiger partial charge in [-0.2, -0.15) is 0 Å². The van der Waals surface area contributed by atoms with Crippen molar-refractivity contribution >= 4 is 5.69 Å². The van der Waals surface area contributed by atoms with E-state index in [0.29, 0.717) is 17.3 Å². The van der Waals surface area contributed by atoms with Gasteiger partial charge in [0, 0.05) is 17.8 Å². The first kappa shape index (κ1) is 10.2. The van der Waals surface area contributed by atoms with E-state index in [4.69, 9.17) is 10.5 Å². The summed E-state index contributed by atoms with van der Waals surface area (Å²) in [7, 11) is 1.54. The molecule has 0 amide bonds. The molecule has 1 aromatic carbocycles. The molecule has 0 bridgehead atoms. The zero-order valence-electron chi connectivity index (χ0n) is 8.73. The van der Waals surface area contributed by atoms with E-state index >= 15 is 0 Å². The maximum atomic E-state index is 11.1. The fraction of sp³-hybridized carbons (Fsp3) is 0.0909. The third kappa shape index (κ3) is 1.88. The van der Waals surface area contributed by atoms with Crippen LogP contribution in [0.25, 0.3) is 11.4 Å². The van der Waals surface area contributed by atoms with Crippen molar-refractivity contribution in [3.05, 3.63) is 40.8 Å². The van der Waals surface area contributed by atoms with Crippen LogP contribution in [-0.4, -0.2) is 17.1 Å². The maximum absolute atomic E-state index is 11.1. The number of hydrogen-bond donors (Lipinski definition) is 2. The highest BCUT2D eigenvalue weighted by Crippen LogP contribution is 2.26. The highest BCUT2D eigenvalue weighted by molar-refractivity contribution is 5.65. The number of aromatic amines is 1. The summed E-state index contributed by atoms with van der Waals surface area (Å²) in [4.78, 5) is 17.8. The second-order valence-corrected chi connectivity index (χ2v) is 3.24. The van der Waals surface area contributed by atoms with Crippen LogP contribution in [0.15, 0.2) is 35.3 Å². The number of aromatic nitrogens is 2. The smallest absolute Gasteiger partial charge is 0.251 e. The monoisotopic (exact) mass is 217 g/mol. The Morgan fingerprint density at radius 2 is 2.19 bits per heavy atom. The van der Waals surface area contributed by atoms with Crippen LogP contribution in [0.1, 0.15) is 0 Å². The van der Waals surface area contributed by atoms with Crippen molar-refractivity contribution in [2.45, 2.75) is 0 Å². The predicted molar refractivity (Wildman–Crippen MR) is 61.3 cm³/mol. The van der Waals surface area contributed by atoms with Gasteiger partial charge in [-0.3, -0.25) is 4.79 Å². The highest BCUT2D eigenvalue weighted by atomic mass is 16.5. The van der Waals surface area contributed by atoms with E-state index in [-0.39, 0.29) is 5.56 Å². The molecule has 0 atom stereocenters. The zero-order chi connectivity index (χ0) is 11.5. The summed E-state index contributed by atoms with van der Waals surface area (Å²) >= 11 is 0. The van der Waals surface area contributed by atoms with Crippen molar-refractivity contribution < 1.29 is 4.74 Å². The minimum absolute atomic E-state index is 0.194. The molecule has 1 heterocycles. The lowest BCUT2D eigenvalue weighted by Gasteiger charge is -2.06. The van der Waals surface area contributed by atoms with Gasteiger partial charge in [-0.25, -0.2) is 4.98 Å². The summed E-state index contributed by atoms with van der Waals surface area (Å²) in [5.41, 5.74) is 6.80. The number of anilines is 1. The van der Waals surface area contributed by atoms with Gasteiger partial charge in [-0.1, -0.05) is 0 Å². The SMILES string of the molecule is COc1cc(-c2nccc(=O)[nH]2)ccc1N.